The van der Waals surface area contributed by atoms with E-state index in [2.05, 4.69) is 42.4 Å². The van der Waals surface area contributed by atoms with Gasteiger partial charge in [0.1, 0.15) is 5.75 Å². The number of aryl methyl sites for hydroxylation is 1. The largest absolute Gasteiger partial charge is 0.482 e. The van der Waals surface area contributed by atoms with Crippen LogP contribution in [0.4, 0.5) is 0 Å². The standard InChI is InChI=1S/C17H16Br2N2O2S/c1-11-7-13(18)8-15(19)17(11)23-10-16(22)21-20-9-12-3-5-14(24-2)6-4-12/h3-9H,10H2,1-2H3,(H,21,22). The fourth-order valence-electron chi connectivity index (χ4n) is 1.91. The van der Waals surface area contributed by atoms with E-state index in [9.17, 15) is 4.79 Å². The maximum Gasteiger partial charge on any atom is 0.277 e. The summed E-state index contributed by atoms with van der Waals surface area (Å²) in [5.41, 5.74) is 4.31. The number of nitrogens with one attached hydrogen (secondary N) is 1. The Kier molecular flexibility index (Phi) is 7.33. The van der Waals surface area contributed by atoms with E-state index in [4.69, 9.17) is 4.74 Å². The second kappa shape index (κ2) is 9.25. The van der Waals surface area contributed by atoms with Crippen LogP contribution in [-0.4, -0.2) is 25.0 Å². The Labute approximate surface area is 162 Å². The summed E-state index contributed by atoms with van der Waals surface area (Å²) in [6.45, 7) is 1.81. The van der Waals surface area contributed by atoms with Crippen molar-refractivity contribution in [2.45, 2.75) is 11.8 Å². The summed E-state index contributed by atoms with van der Waals surface area (Å²) in [6, 6.07) is 11.7. The molecule has 0 bridgehead atoms. The van der Waals surface area contributed by atoms with Crippen molar-refractivity contribution < 1.29 is 9.53 Å². The zero-order valence-electron chi connectivity index (χ0n) is 13.2. The summed E-state index contributed by atoms with van der Waals surface area (Å²) in [4.78, 5) is 13.0. The molecule has 0 aliphatic carbocycles. The van der Waals surface area contributed by atoms with Gasteiger partial charge in [0, 0.05) is 9.37 Å². The van der Waals surface area contributed by atoms with E-state index in [1.54, 1.807) is 18.0 Å². The van der Waals surface area contributed by atoms with E-state index in [1.165, 1.54) is 4.90 Å². The molecule has 1 amide bonds. The molecule has 0 saturated heterocycles. The van der Waals surface area contributed by atoms with Crippen LogP contribution in [0.1, 0.15) is 11.1 Å². The van der Waals surface area contributed by atoms with Crippen LogP contribution in [-0.2, 0) is 4.79 Å². The molecule has 0 aliphatic rings. The molecular formula is C17H16Br2N2O2S. The summed E-state index contributed by atoms with van der Waals surface area (Å²) >= 11 is 8.51. The molecule has 0 atom stereocenters. The lowest BCUT2D eigenvalue weighted by Crippen LogP contribution is -2.24. The Morgan fingerprint density at radius 2 is 2.00 bits per heavy atom. The third-order valence-electron chi connectivity index (χ3n) is 3.06. The zero-order chi connectivity index (χ0) is 17.5. The molecule has 0 heterocycles. The minimum absolute atomic E-state index is 0.107. The average molecular weight is 472 g/mol. The van der Waals surface area contributed by atoms with E-state index >= 15 is 0 Å². The molecule has 1 N–H and O–H groups in total. The second-order valence-corrected chi connectivity index (χ2v) is 7.54. The highest BCUT2D eigenvalue weighted by Crippen LogP contribution is 2.32. The lowest BCUT2D eigenvalue weighted by atomic mass is 10.2. The van der Waals surface area contributed by atoms with E-state index < -0.39 is 0 Å². The van der Waals surface area contributed by atoms with Gasteiger partial charge in [0.05, 0.1) is 10.7 Å². The fourth-order valence-corrected chi connectivity index (χ4v) is 3.87. The van der Waals surface area contributed by atoms with E-state index in [0.717, 1.165) is 20.1 Å². The number of nitrogens with zero attached hydrogens (tertiary/aromatic N) is 1. The van der Waals surface area contributed by atoms with Gasteiger partial charge in [-0.2, -0.15) is 5.10 Å². The molecule has 0 aliphatic heterocycles. The Morgan fingerprint density at radius 1 is 1.29 bits per heavy atom. The molecule has 7 heteroatoms. The number of hydrogen-bond acceptors (Lipinski definition) is 4. The van der Waals surface area contributed by atoms with E-state index in [0.29, 0.717) is 5.75 Å². The number of hydrazone groups is 1. The zero-order valence-corrected chi connectivity index (χ0v) is 17.2. The summed E-state index contributed by atoms with van der Waals surface area (Å²) < 4.78 is 7.30. The van der Waals surface area contributed by atoms with Crippen molar-refractivity contribution in [2.24, 2.45) is 5.10 Å². The summed E-state index contributed by atoms with van der Waals surface area (Å²) in [6.07, 6.45) is 3.62. The molecule has 126 valence electrons. The number of rotatable bonds is 6. The number of halogens is 2. The number of carbonyl (C=O) groups excluding carboxylic acids is 1. The molecule has 0 radical (unpaired) electrons. The SMILES string of the molecule is CSc1ccc(C=NNC(=O)COc2c(C)cc(Br)cc2Br)cc1. The Morgan fingerprint density at radius 3 is 2.62 bits per heavy atom. The number of benzene rings is 2. The highest BCUT2D eigenvalue weighted by atomic mass is 79.9. The smallest absolute Gasteiger partial charge is 0.277 e. The molecule has 2 rings (SSSR count). The van der Waals surface area contributed by atoms with Crippen molar-refractivity contribution >= 4 is 55.7 Å². The predicted octanol–water partition coefficient (Wildman–Crippen LogP) is 4.77. The molecule has 24 heavy (non-hydrogen) atoms. The molecule has 0 unspecified atom stereocenters. The van der Waals surface area contributed by atoms with Crippen LogP contribution in [0.25, 0.3) is 0 Å². The molecule has 2 aromatic carbocycles. The summed E-state index contributed by atoms with van der Waals surface area (Å²) in [5.74, 6) is 0.325. The average Bonchev–Trinajstić information content (AvgIpc) is 2.54. The van der Waals surface area contributed by atoms with Gasteiger partial charge in [0.2, 0.25) is 0 Å². The summed E-state index contributed by atoms with van der Waals surface area (Å²) in [7, 11) is 0. The minimum atomic E-state index is -0.318. The highest BCUT2D eigenvalue weighted by molar-refractivity contribution is 9.11. The predicted molar refractivity (Wildman–Crippen MR) is 106 cm³/mol. The van der Waals surface area contributed by atoms with Gasteiger partial charge in [0.15, 0.2) is 6.61 Å². The first-order chi connectivity index (χ1) is 11.5. The summed E-state index contributed by atoms with van der Waals surface area (Å²) in [5, 5.41) is 3.94. The Bertz CT molecular complexity index is 726. The molecule has 0 spiro atoms. The number of thioether (sulfide) groups is 1. The van der Waals surface area contributed by atoms with Gasteiger partial charge in [-0.05, 0) is 64.5 Å². The lowest BCUT2D eigenvalue weighted by Gasteiger charge is -2.10. The molecule has 0 aromatic heterocycles. The first-order valence-corrected chi connectivity index (χ1v) is 9.85. The number of amides is 1. The first-order valence-electron chi connectivity index (χ1n) is 7.04. The van der Waals surface area contributed by atoms with E-state index in [1.807, 2.05) is 49.6 Å². The molecule has 2 aromatic rings. The highest BCUT2D eigenvalue weighted by Gasteiger charge is 2.09. The molecular weight excluding hydrogens is 456 g/mol. The molecule has 4 nitrogen and oxygen atoms in total. The van der Waals surface area contributed by atoms with Crippen molar-refractivity contribution in [3.05, 3.63) is 56.5 Å². The number of hydrogen-bond donors (Lipinski definition) is 1. The Balaban J connectivity index is 1.86. The van der Waals surface area contributed by atoms with Gasteiger partial charge in [-0.25, -0.2) is 5.43 Å². The Hall–Kier alpha value is -1.31. The van der Waals surface area contributed by atoms with Crippen LogP contribution in [0.5, 0.6) is 5.75 Å². The van der Waals surface area contributed by atoms with Crippen LogP contribution < -0.4 is 10.2 Å². The van der Waals surface area contributed by atoms with Gasteiger partial charge in [-0.15, -0.1) is 11.8 Å². The van der Waals surface area contributed by atoms with Crippen LogP contribution in [0, 0.1) is 6.92 Å². The van der Waals surface area contributed by atoms with E-state index in [-0.39, 0.29) is 12.5 Å². The van der Waals surface area contributed by atoms with Gasteiger partial charge in [0.25, 0.3) is 5.91 Å². The molecule has 0 fully saturated rings. The van der Waals surface area contributed by atoms with Gasteiger partial charge in [-0.1, -0.05) is 28.1 Å². The van der Waals surface area contributed by atoms with Crippen LogP contribution >= 0.6 is 43.6 Å². The quantitative estimate of drug-likeness (QED) is 0.375. The second-order valence-electron chi connectivity index (χ2n) is 4.89. The third-order valence-corrected chi connectivity index (χ3v) is 4.85. The maximum absolute atomic E-state index is 11.8. The normalized spacial score (nSPS) is 10.8. The van der Waals surface area contributed by atoms with Crippen molar-refractivity contribution in [1.29, 1.82) is 0 Å². The van der Waals surface area contributed by atoms with Crippen molar-refractivity contribution in [2.75, 3.05) is 12.9 Å². The first kappa shape index (κ1) is 19.0. The number of carbonyl (C=O) groups is 1. The monoisotopic (exact) mass is 470 g/mol. The lowest BCUT2D eigenvalue weighted by molar-refractivity contribution is -0.123. The third kappa shape index (κ3) is 5.65. The topological polar surface area (TPSA) is 50.7 Å². The van der Waals surface area contributed by atoms with Crippen molar-refractivity contribution in [1.82, 2.24) is 5.43 Å². The van der Waals surface area contributed by atoms with Gasteiger partial charge >= 0.3 is 0 Å². The minimum Gasteiger partial charge on any atom is -0.482 e. The van der Waals surface area contributed by atoms with Crippen LogP contribution in [0.3, 0.4) is 0 Å². The number of ether oxygens (including phenoxy) is 1. The van der Waals surface area contributed by atoms with Gasteiger partial charge in [-0.3, -0.25) is 4.79 Å². The molecule has 0 saturated carbocycles. The van der Waals surface area contributed by atoms with Crippen molar-refractivity contribution in [3.8, 4) is 5.75 Å². The fraction of sp³-hybridized carbons (Fsp3) is 0.176. The van der Waals surface area contributed by atoms with Gasteiger partial charge < -0.3 is 4.74 Å². The van der Waals surface area contributed by atoms with Crippen molar-refractivity contribution in [3.63, 3.8) is 0 Å². The van der Waals surface area contributed by atoms with Crippen LogP contribution in [0.15, 0.2) is 55.3 Å². The van der Waals surface area contributed by atoms with Crippen LogP contribution in [0.2, 0.25) is 0 Å². The maximum atomic E-state index is 11.8.